The van der Waals surface area contributed by atoms with Crippen LogP contribution in [0.15, 0.2) is 9.98 Å². The molecule has 0 atom stereocenters. The number of rotatable bonds is 0. The summed E-state index contributed by atoms with van der Waals surface area (Å²) in [6.45, 7) is 6.18. The molecule has 1 radical (unpaired) electrons. The van der Waals surface area contributed by atoms with Gasteiger partial charge in [0, 0.05) is 76.0 Å². The second-order valence-electron chi connectivity index (χ2n) is 2.50. The Labute approximate surface area is 131 Å². The third-order valence-corrected chi connectivity index (χ3v) is 3.34. The Balaban J connectivity index is 0.000000206. The van der Waals surface area contributed by atoms with E-state index in [0.717, 1.165) is 13.1 Å². The monoisotopic (exact) mass is 241 g/mol. The number of nitrogens with zero attached hydrogens (tertiary/aromatic N) is 2. The molecule has 13 heavy (non-hydrogen) atoms. The molecular weight excluding hydrogens is 227 g/mol. The van der Waals surface area contributed by atoms with Crippen LogP contribution in [0.3, 0.4) is 0 Å². The van der Waals surface area contributed by atoms with Gasteiger partial charge >= 0.3 is 0 Å². The zero-order valence-electron chi connectivity index (χ0n) is 8.54. The first-order chi connectivity index (χ1) is 5.79. The van der Waals surface area contributed by atoms with Crippen molar-refractivity contribution in [1.82, 2.24) is 0 Å². The van der Waals surface area contributed by atoms with Crippen LogP contribution in [0.1, 0.15) is 13.8 Å². The Hall–Kier alpha value is 1.68. The second kappa shape index (κ2) is 8.94. The predicted octanol–water partition coefficient (Wildman–Crippen LogP) is 1.92. The molecule has 0 saturated heterocycles. The molecule has 69 valence electrons. The van der Waals surface area contributed by atoms with Gasteiger partial charge in [-0.3, -0.25) is 9.98 Å². The molecule has 0 fully saturated rings. The van der Waals surface area contributed by atoms with Gasteiger partial charge in [0.15, 0.2) is 0 Å². The number of aliphatic imine (C=N–C) groups is 2. The molecule has 0 saturated carbocycles. The van der Waals surface area contributed by atoms with Gasteiger partial charge in [-0.1, -0.05) is 0 Å². The first-order valence-corrected chi connectivity index (χ1v) is 6.04. The molecule has 0 aromatic heterocycles. The van der Waals surface area contributed by atoms with Crippen LogP contribution in [-0.2, 0) is 0 Å². The fourth-order valence-corrected chi connectivity index (χ4v) is 2.21. The third kappa shape index (κ3) is 7.59. The molecule has 0 unspecified atom stereocenters. The quantitative estimate of drug-likeness (QED) is 0.605. The summed E-state index contributed by atoms with van der Waals surface area (Å²) in [6, 6.07) is 0. The molecule has 0 N–H and O–H groups in total. The zero-order valence-corrected chi connectivity index (χ0v) is 13.3. The first kappa shape index (κ1) is 14.7. The molecule has 5 heteroatoms. The van der Waals surface area contributed by atoms with Crippen molar-refractivity contribution in [2.75, 3.05) is 24.6 Å². The largest absolute Gasteiger partial charge is 0.282 e. The smallest absolute Gasteiger partial charge is 0.0645 e. The van der Waals surface area contributed by atoms with E-state index in [1.807, 2.05) is 23.5 Å². The fraction of sp³-hybridized carbons (Fsp3) is 0.750. The Kier molecular flexibility index (Phi) is 10.1. The average Bonchev–Trinajstić information content (AvgIpc) is 2.63. The van der Waals surface area contributed by atoms with Crippen LogP contribution in [0, 0.1) is 0 Å². The number of hydrogen-bond donors (Lipinski definition) is 0. The molecule has 0 aromatic carbocycles. The van der Waals surface area contributed by atoms with Gasteiger partial charge in [-0.25, -0.2) is 0 Å². The van der Waals surface area contributed by atoms with Crippen molar-refractivity contribution in [2.24, 2.45) is 9.98 Å². The van der Waals surface area contributed by atoms with Crippen LogP contribution in [0.2, 0.25) is 0 Å². The molecule has 0 aromatic rings. The molecule has 2 nitrogen and oxygen atoms in total. The molecule has 2 rings (SSSR count). The van der Waals surface area contributed by atoms with Gasteiger partial charge in [0.2, 0.25) is 0 Å². The second-order valence-corrected chi connectivity index (χ2v) is 5.07. The van der Waals surface area contributed by atoms with E-state index in [-0.39, 0.29) is 51.4 Å². The summed E-state index contributed by atoms with van der Waals surface area (Å²) in [4.78, 5) is 8.23. The molecule has 2 aliphatic rings. The van der Waals surface area contributed by atoms with Crippen molar-refractivity contribution >= 4 is 85.0 Å². The third-order valence-electron chi connectivity index (χ3n) is 1.47. The summed E-state index contributed by atoms with van der Waals surface area (Å²) in [6.07, 6.45) is 0. The van der Waals surface area contributed by atoms with E-state index in [9.17, 15) is 0 Å². The molecule has 0 bridgehead atoms. The van der Waals surface area contributed by atoms with E-state index in [1.165, 1.54) is 21.6 Å². The Morgan fingerprint density at radius 2 is 1.31 bits per heavy atom. The van der Waals surface area contributed by atoms with Crippen LogP contribution in [0.4, 0.5) is 0 Å². The van der Waals surface area contributed by atoms with Crippen LogP contribution >= 0.6 is 23.5 Å². The van der Waals surface area contributed by atoms with Gasteiger partial charge in [0.1, 0.15) is 0 Å². The number of hydrogen-bond acceptors (Lipinski definition) is 4. The normalized spacial score (nSPS) is 19.5. The predicted molar refractivity (Wildman–Crippen MR) is 66.6 cm³/mol. The molecule has 0 aliphatic carbocycles. The van der Waals surface area contributed by atoms with E-state index in [0.29, 0.717) is 0 Å². The van der Waals surface area contributed by atoms with E-state index >= 15 is 0 Å². The Morgan fingerprint density at radius 3 is 1.38 bits per heavy atom. The fourth-order valence-electron chi connectivity index (χ4n) is 0.884. The molecule has 0 spiro atoms. The minimum Gasteiger partial charge on any atom is -0.282 e. The number of thioether (sulfide) groups is 2. The van der Waals surface area contributed by atoms with Crippen molar-refractivity contribution in [3.05, 3.63) is 0 Å². The minimum absolute atomic E-state index is 0. The van der Waals surface area contributed by atoms with E-state index < -0.39 is 0 Å². The van der Waals surface area contributed by atoms with Crippen LogP contribution < -0.4 is 0 Å². The average molecular weight is 241 g/mol. The summed E-state index contributed by atoms with van der Waals surface area (Å²) in [7, 11) is 0. The van der Waals surface area contributed by atoms with Crippen LogP contribution in [-0.4, -0.2) is 86.1 Å². The maximum atomic E-state index is 4.12. The van der Waals surface area contributed by atoms with Gasteiger partial charge in [-0.05, 0) is 13.8 Å². The molecule has 2 aliphatic heterocycles. The van der Waals surface area contributed by atoms with Crippen molar-refractivity contribution in [2.45, 2.75) is 13.8 Å². The van der Waals surface area contributed by atoms with Crippen molar-refractivity contribution in [3.63, 3.8) is 0 Å². The van der Waals surface area contributed by atoms with Gasteiger partial charge in [0.25, 0.3) is 0 Å². The maximum absolute atomic E-state index is 4.12. The standard InChI is InChI=1S/2C4H7NS.K/c2*1-4-5-2-3-6-4;/h2*2-3H2,1H3;. The van der Waals surface area contributed by atoms with Gasteiger partial charge in [-0.2, -0.15) is 0 Å². The Morgan fingerprint density at radius 1 is 0.923 bits per heavy atom. The molecule has 0 amide bonds. The zero-order chi connectivity index (χ0) is 8.81. The first-order valence-electron chi connectivity index (χ1n) is 4.07. The summed E-state index contributed by atoms with van der Waals surface area (Å²) in [5.41, 5.74) is 0. The van der Waals surface area contributed by atoms with Crippen molar-refractivity contribution in [1.29, 1.82) is 0 Å². The van der Waals surface area contributed by atoms with Crippen LogP contribution in [0.5, 0.6) is 0 Å². The summed E-state index contributed by atoms with van der Waals surface area (Å²) in [5.74, 6) is 2.40. The van der Waals surface area contributed by atoms with Gasteiger partial charge in [0.05, 0.1) is 10.1 Å². The van der Waals surface area contributed by atoms with Crippen LogP contribution in [0.25, 0.3) is 0 Å². The van der Waals surface area contributed by atoms with Gasteiger partial charge in [-0.15, -0.1) is 23.5 Å². The van der Waals surface area contributed by atoms with E-state index in [2.05, 4.69) is 23.8 Å². The summed E-state index contributed by atoms with van der Waals surface area (Å²) in [5, 5.41) is 2.49. The van der Waals surface area contributed by atoms with Crippen molar-refractivity contribution in [3.8, 4) is 0 Å². The Bertz CT molecular complexity index is 182. The topological polar surface area (TPSA) is 24.7 Å². The molecular formula is C8H14KN2S2. The van der Waals surface area contributed by atoms with Crippen molar-refractivity contribution < 1.29 is 0 Å². The summed E-state index contributed by atoms with van der Waals surface area (Å²) >= 11 is 3.69. The van der Waals surface area contributed by atoms with E-state index in [4.69, 9.17) is 0 Å². The SMILES string of the molecule is CC1=NCCS1.CC1=NCCS1.[K]. The van der Waals surface area contributed by atoms with Gasteiger partial charge < -0.3 is 0 Å². The summed E-state index contributed by atoms with van der Waals surface area (Å²) < 4.78 is 0. The van der Waals surface area contributed by atoms with E-state index in [1.54, 1.807) is 0 Å². The molecule has 2 heterocycles. The maximum Gasteiger partial charge on any atom is 0.0645 e. The minimum atomic E-state index is 0.